The summed E-state index contributed by atoms with van der Waals surface area (Å²) in [6, 6.07) is -0.551. The van der Waals surface area contributed by atoms with E-state index in [1.807, 2.05) is 13.8 Å². The molecule has 1 saturated heterocycles. The average molecular weight is 382 g/mol. The summed E-state index contributed by atoms with van der Waals surface area (Å²) >= 11 is 0. The molecule has 1 fully saturated rings. The largest absolute Gasteiger partial charge is 0.478 e. The number of piperidine rings is 1. The van der Waals surface area contributed by atoms with Gasteiger partial charge in [0, 0.05) is 25.2 Å². The van der Waals surface area contributed by atoms with Gasteiger partial charge in [-0.3, -0.25) is 14.5 Å². The fraction of sp³-hybridized carbons (Fsp3) is 0.750. The van der Waals surface area contributed by atoms with E-state index in [1.54, 1.807) is 7.05 Å². The van der Waals surface area contributed by atoms with Crippen molar-refractivity contribution in [1.82, 2.24) is 15.1 Å². The number of carboxylic acid groups (broad SMARTS) is 1. The van der Waals surface area contributed by atoms with Crippen molar-refractivity contribution in [1.29, 1.82) is 0 Å². The second-order valence-corrected chi connectivity index (χ2v) is 7.98. The van der Waals surface area contributed by atoms with E-state index in [2.05, 4.69) is 24.1 Å². The molecule has 1 heterocycles. The van der Waals surface area contributed by atoms with E-state index in [0.29, 0.717) is 0 Å². The maximum Gasteiger partial charge on any atom is 0.331 e. The molecule has 27 heavy (non-hydrogen) atoms. The zero-order valence-corrected chi connectivity index (χ0v) is 17.5. The van der Waals surface area contributed by atoms with Crippen LogP contribution in [0.4, 0.5) is 0 Å². The number of likely N-dealkylation sites (N-methyl/N-ethyl adjacent to an activating group) is 1. The Bertz CT molecular complexity index is 572. The third kappa shape index (κ3) is 6.65. The topological polar surface area (TPSA) is 90.0 Å². The number of nitrogens with zero attached hydrogens (tertiary/aromatic N) is 2. The second-order valence-electron chi connectivity index (χ2n) is 7.98. The van der Waals surface area contributed by atoms with E-state index in [-0.39, 0.29) is 41.9 Å². The molecule has 1 rings (SSSR count). The van der Waals surface area contributed by atoms with Gasteiger partial charge in [-0.25, -0.2) is 4.79 Å². The van der Waals surface area contributed by atoms with E-state index in [9.17, 15) is 14.4 Å². The second kappa shape index (κ2) is 10.4. The first-order valence-corrected chi connectivity index (χ1v) is 9.77. The first kappa shape index (κ1) is 23.1. The van der Waals surface area contributed by atoms with Gasteiger partial charge in [0.15, 0.2) is 0 Å². The van der Waals surface area contributed by atoms with E-state index in [4.69, 9.17) is 5.11 Å². The van der Waals surface area contributed by atoms with Crippen molar-refractivity contribution in [2.45, 2.75) is 72.0 Å². The number of hydrogen-bond donors (Lipinski definition) is 2. The molecule has 0 radical (unpaired) electrons. The lowest BCUT2D eigenvalue weighted by Gasteiger charge is -2.38. The van der Waals surface area contributed by atoms with Crippen LogP contribution >= 0.6 is 0 Å². The van der Waals surface area contributed by atoms with Crippen LogP contribution in [0.3, 0.4) is 0 Å². The Labute approximate surface area is 162 Å². The highest BCUT2D eigenvalue weighted by molar-refractivity contribution is 5.90. The monoisotopic (exact) mass is 381 g/mol. The molecule has 154 valence electrons. The smallest absolute Gasteiger partial charge is 0.331 e. The summed E-state index contributed by atoms with van der Waals surface area (Å²) in [5.41, 5.74) is 0.189. The van der Waals surface area contributed by atoms with E-state index < -0.39 is 12.0 Å². The van der Waals surface area contributed by atoms with Gasteiger partial charge in [0.1, 0.15) is 6.04 Å². The lowest BCUT2D eigenvalue weighted by molar-refractivity contribution is -0.138. The zero-order chi connectivity index (χ0) is 20.7. The van der Waals surface area contributed by atoms with Crippen molar-refractivity contribution in [2.24, 2.45) is 5.92 Å². The molecule has 0 saturated carbocycles. The summed E-state index contributed by atoms with van der Waals surface area (Å²) < 4.78 is 0. The van der Waals surface area contributed by atoms with Crippen LogP contribution < -0.4 is 5.32 Å². The van der Waals surface area contributed by atoms with Gasteiger partial charge < -0.3 is 15.3 Å². The van der Waals surface area contributed by atoms with Crippen molar-refractivity contribution in [2.75, 3.05) is 20.1 Å². The van der Waals surface area contributed by atoms with Crippen LogP contribution in [0.25, 0.3) is 0 Å². The van der Waals surface area contributed by atoms with Crippen LogP contribution in [-0.2, 0) is 14.4 Å². The predicted octanol–water partition coefficient (Wildman–Crippen LogP) is 1.88. The van der Waals surface area contributed by atoms with Crippen LogP contribution in [0.15, 0.2) is 11.6 Å². The molecule has 2 N–H and O–H groups in total. The Morgan fingerprint density at radius 3 is 2.37 bits per heavy atom. The number of likely N-dealkylation sites (tertiary alicyclic amines) is 1. The summed E-state index contributed by atoms with van der Waals surface area (Å²) in [5.74, 6) is -1.37. The van der Waals surface area contributed by atoms with Crippen LogP contribution in [0, 0.1) is 5.92 Å². The number of carbonyl (C=O) groups is 3. The van der Waals surface area contributed by atoms with Gasteiger partial charge in [-0.05, 0) is 46.1 Å². The predicted molar refractivity (Wildman–Crippen MR) is 105 cm³/mol. The molecular weight excluding hydrogens is 346 g/mol. The minimum atomic E-state index is -1.00. The molecular formula is C20H35N3O4. The standard InChI is InChI=1S/C20H35N3O4/c1-13(2)17(19(25)22(6)12-10-15(5)20(26)27)21-18(24)16-9-7-8-11-23(16)14(3)4/h10,13-14,16-17H,7-9,11-12H2,1-6H3,(H,21,24)(H,26,27)/b15-10+/t16-,17+/m1/s1. The molecule has 0 unspecified atom stereocenters. The number of nitrogens with one attached hydrogen (secondary N) is 1. The van der Waals surface area contributed by atoms with Gasteiger partial charge in [-0.1, -0.05) is 26.3 Å². The van der Waals surface area contributed by atoms with E-state index >= 15 is 0 Å². The first-order chi connectivity index (χ1) is 12.6. The van der Waals surface area contributed by atoms with Gasteiger partial charge in [-0.2, -0.15) is 0 Å². The number of carbonyl (C=O) groups excluding carboxylic acids is 2. The summed E-state index contributed by atoms with van der Waals surface area (Å²) in [5, 5.41) is 11.9. The van der Waals surface area contributed by atoms with Crippen molar-refractivity contribution in [3.8, 4) is 0 Å². The van der Waals surface area contributed by atoms with Gasteiger partial charge in [0.25, 0.3) is 0 Å². The molecule has 2 atom stereocenters. The van der Waals surface area contributed by atoms with Crippen molar-refractivity contribution < 1.29 is 19.5 Å². The molecule has 0 aliphatic carbocycles. The quantitative estimate of drug-likeness (QED) is 0.627. The number of amides is 2. The highest BCUT2D eigenvalue weighted by Gasteiger charge is 2.34. The van der Waals surface area contributed by atoms with Crippen LogP contribution in [0.5, 0.6) is 0 Å². The maximum atomic E-state index is 12.9. The molecule has 0 aromatic heterocycles. The minimum Gasteiger partial charge on any atom is -0.478 e. The summed E-state index contributed by atoms with van der Waals surface area (Å²) in [4.78, 5) is 40.3. The maximum absolute atomic E-state index is 12.9. The number of aliphatic carboxylic acids is 1. The van der Waals surface area contributed by atoms with Crippen molar-refractivity contribution >= 4 is 17.8 Å². The lowest BCUT2D eigenvalue weighted by Crippen LogP contribution is -2.57. The molecule has 0 spiro atoms. The van der Waals surface area contributed by atoms with Crippen LogP contribution in [-0.4, -0.2) is 71.0 Å². The molecule has 0 aromatic rings. The number of carboxylic acids is 1. The fourth-order valence-electron chi connectivity index (χ4n) is 3.31. The summed E-state index contributed by atoms with van der Waals surface area (Å²) in [6.45, 7) is 10.5. The Morgan fingerprint density at radius 2 is 1.85 bits per heavy atom. The van der Waals surface area contributed by atoms with Crippen molar-refractivity contribution in [3.05, 3.63) is 11.6 Å². The average Bonchev–Trinajstić information content (AvgIpc) is 2.62. The zero-order valence-electron chi connectivity index (χ0n) is 17.5. The molecule has 0 bridgehead atoms. The Hall–Kier alpha value is -1.89. The molecule has 7 heteroatoms. The SMILES string of the molecule is C/C(=C\CN(C)C(=O)[C@@H](NC(=O)[C@H]1CCCCN1C(C)C)C(C)C)C(=O)O. The van der Waals surface area contributed by atoms with Crippen LogP contribution in [0.1, 0.15) is 53.9 Å². The fourth-order valence-corrected chi connectivity index (χ4v) is 3.31. The van der Waals surface area contributed by atoms with Crippen molar-refractivity contribution in [3.63, 3.8) is 0 Å². The molecule has 1 aliphatic rings. The molecule has 1 aliphatic heterocycles. The lowest BCUT2D eigenvalue weighted by atomic mass is 9.97. The van der Waals surface area contributed by atoms with E-state index in [1.165, 1.54) is 17.9 Å². The Balaban J connectivity index is 2.82. The molecule has 7 nitrogen and oxygen atoms in total. The van der Waals surface area contributed by atoms with Gasteiger partial charge in [0.2, 0.25) is 11.8 Å². The highest BCUT2D eigenvalue weighted by atomic mass is 16.4. The molecule has 2 amide bonds. The van der Waals surface area contributed by atoms with Gasteiger partial charge in [-0.15, -0.1) is 0 Å². The highest BCUT2D eigenvalue weighted by Crippen LogP contribution is 2.20. The third-order valence-electron chi connectivity index (χ3n) is 5.13. The Kier molecular flexibility index (Phi) is 8.96. The summed E-state index contributed by atoms with van der Waals surface area (Å²) in [7, 11) is 1.62. The van der Waals surface area contributed by atoms with Gasteiger partial charge >= 0.3 is 5.97 Å². The third-order valence-corrected chi connectivity index (χ3v) is 5.13. The van der Waals surface area contributed by atoms with E-state index in [0.717, 1.165) is 25.8 Å². The number of hydrogen-bond acceptors (Lipinski definition) is 4. The number of rotatable bonds is 8. The first-order valence-electron chi connectivity index (χ1n) is 9.77. The molecule has 0 aromatic carbocycles. The van der Waals surface area contributed by atoms with Gasteiger partial charge in [0.05, 0.1) is 6.04 Å². The normalized spacial score (nSPS) is 19.9. The Morgan fingerprint density at radius 1 is 1.22 bits per heavy atom. The summed E-state index contributed by atoms with van der Waals surface area (Å²) in [6.07, 6.45) is 4.41. The van der Waals surface area contributed by atoms with Crippen LogP contribution in [0.2, 0.25) is 0 Å². The minimum absolute atomic E-state index is 0.0652.